The number of para-hydroxylation sites is 10. The maximum Gasteiger partial charge on any atom is 0.135 e. The van der Waals surface area contributed by atoms with E-state index in [1.165, 1.54) is 72.3 Å². The first-order valence-corrected chi connectivity index (χ1v) is 49.4. The first-order chi connectivity index (χ1) is 72.4. The second-order valence-corrected chi connectivity index (χ2v) is 36.2. The van der Waals surface area contributed by atoms with Crippen LogP contribution in [0.1, 0.15) is 0 Å². The molecule has 146 heavy (non-hydrogen) atoms. The molecule has 0 radical (unpaired) electrons. The van der Waals surface area contributed by atoms with Crippen LogP contribution in [-0.2, 0) is 0 Å². The van der Waals surface area contributed by atoms with Gasteiger partial charge in [0.1, 0.15) is 44.7 Å². The first-order valence-electron chi connectivity index (χ1n) is 49.4. The van der Waals surface area contributed by atoms with Gasteiger partial charge in [-0.05, 0) is 296 Å². The fraction of sp³-hybridized carbons (Fsp3) is 0. The molecule has 0 atom stereocenters. The largest absolute Gasteiger partial charge is 0.456 e. The molecule has 0 amide bonds. The molecule has 0 saturated heterocycles. The summed E-state index contributed by atoms with van der Waals surface area (Å²) in [6.45, 7) is 0. The third kappa shape index (κ3) is 18.7. The van der Waals surface area contributed by atoms with E-state index in [9.17, 15) is 0 Å². The highest BCUT2D eigenvalue weighted by atomic mass is 16.3. The number of hydrogen-bond donors (Lipinski definition) is 0. The molecule has 0 aliphatic carbocycles. The minimum absolute atomic E-state index is 0.913. The average molecular weight is 1870 g/mol. The zero-order valence-electron chi connectivity index (χ0n) is 79.8. The molecule has 8 nitrogen and oxygen atoms in total. The molecule has 27 rings (SSSR count). The first kappa shape index (κ1) is 89.1. The summed E-state index contributed by atoms with van der Waals surface area (Å²) in [6, 6.07) is 204. The molecule has 0 aliphatic rings. The molecule has 0 saturated carbocycles. The normalized spacial score (nSPS) is 11.2. The zero-order chi connectivity index (χ0) is 97.3. The summed E-state index contributed by atoms with van der Waals surface area (Å²) in [6.07, 6.45) is 0. The summed E-state index contributed by atoms with van der Waals surface area (Å²) >= 11 is 0. The van der Waals surface area contributed by atoms with Crippen molar-refractivity contribution in [3.63, 3.8) is 0 Å². The molecule has 23 aromatic carbocycles. The molecule has 0 spiro atoms. The minimum atomic E-state index is 0.913. The summed E-state index contributed by atoms with van der Waals surface area (Å²) in [5.41, 5.74) is 37.5. The second kappa shape index (κ2) is 40.7. The average Bonchev–Trinajstić information content (AvgIpc) is 1.64. The molecule has 0 N–H and O–H groups in total. The predicted molar refractivity (Wildman–Crippen MR) is 612 cm³/mol. The highest BCUT2D eigenvalue weighted by Gasteiger charge is 2.22. The van der Waals surface area contributed by atoms with Crippen molar-refractivity contribution in [2.45, 2.75) is 0 Å². The summed E-state index contributed by atoms with van der Waals surface area (Å²) in [5.74, 6) is 0. The Morgan fingerprint density at radius 2 is 0.233 bits per heavy atom. The lowest BCUT2D eigenvalue weighted by atomic mass is 9.99. The molecular weight excluding hydrogens is 1780 g/mol. The van der Waals surface area contributed by atoms with Crippen molar-refractivity contribution in [1.82, 2.24) is 0 Å². The van der Waals surface area contributed by atoms with E-state index in [1.54, 1.807) is 0 Å². The molecule has 0 unspecified atom stereocenters. The Bertz CT molecular complexity index is 9110. The standard InChI is InChI=1S/3C36H25NO.C30H21NO/c1-3-10-26(11-4-1)27-18-21-31(22-19-27)37(30-13-5-2-6-14-30)32-15-9-12-28(24-32)29-20-23-36-34(25-29)33-16-7-8-17-35(33)38-36;1-3-9-26(10-4-1)27-15-20-31(21-16-27)37(30-11-5-2-6-12-30)32-22-17-28(18-23-32)29-19-24-36-34(25-29)33-13-7-8-14-35(33)38-36;1-3-9-30(10-4-1)37(31-11-5-2-6-12-31)32-22-19-27(20-23-32)26-15-17-28(18-16-26)29-21-24-36-34(25-29)33-13-7-8-14-35(33)38-36;1-3-11-24(12-4-1)31(25-13-5-2-6-14-25)26-15-9-10-22(20-26)23-18-19-30-28(21-23)27-16-7-8-17-29(27)32-30/h3*1-25H;1-21H. The topological polar surface area (TPSA) is 65.5 Å². The number of fused-ring (bicyclic) bond motifs is 12. The van der Waals surface area contributed by atoms with Crippen molar-refractivity contribution >= 4 is 156 Å². The highest BCUT2D eigenvalue weighted by molar-refractivity contribution is 6.10. The van der Waals surface area contributed by atoms with Gasteiger partial charge in [0.05, 0.1) is 0 Å². The lowest BCUT2D eigenvalue weighted by Gasteiger charge is -2.26. The third-order valence-corrected chi connectivity index (χ3v) is 27.1. The van der Waals surface area contributed by atoms with Crippen LogP contribution in [0, 0.1) is 0 Å². The zero-order valence-corrected chi connectivity index (χ0v) is 79.8. The second-order valence-electron chi connectivity index (χ2n) is 36.2. The van der Waals surface area contributed by atoms with Gasteiger partial charge in [-0.1, -0.05) is 364 Å². The van der Waals surface area contributed by atoms with Gasteiger partial charge in [-0.2, -0.15) is 0 Å². The maximum absolute atomic E-state index is 6.05. The summed E-state index contributed by atoms with van der Waals surface area (Å²) < 4.78 is 24.1. The smallest absolute Gasteiger partial charge is 0.135 e. The van der Waals surface area contributed by atoms with Gasteiger partial charge in [0.25, 0.3) is 0 Å². The lowest BCUT2D eigenvalue weighted by molar-refractivity contribution is 0.668. The van der Waals surface area contributed by atoms with Crippen LogP contribution in [0.3, 0.4) is 0 Å². The van der Waals surface area contributed by atoms with Crippen molar-refractivity contribution < 1.29 is 17.7 Å². The van der Waals surface area contributed by atoms with Crippen LogP contribution in [-0.4, -0.2) is 0 Å². The van der Waals surface area contributed by atoms with Crippen LogP contribution in [0.2, 0.25) is 0 Å². The lowest BCUT2D eigenvalue weighted by Crippen LogP contribution is -2.09. The molecule has 0 aliphatic heterocycles. The number of hydrogen-bond acceptors (Lipinski definition) is 8. The maximum atomic E-state index is 6.05. The van der Waals surface area contributed by atoms with Crippen molar-refractivity contribution in [3.8, 4) is 77.9 Å². The number of anilines is 12. The Morgan fingerprint density at radius 3 is 0.473 bits per heavy atom. The fourth-order valence-electron chi connectivity index (χ4n) is 19.9. The number of furan rings is 4. The molecule has 8 heteroatoms. The van der Waals surface area contributed by atoms with E-state index in [1.807, 2.05) is 66.7 Å². The van der Waals surface area contributed by atoms with Crippen molar-refractivity contribution in [2.75, 3.05) is 19.6 Å². The van der Waals surface area contributed by atoms with Gasteiger partial charge >= 0.3 is 0 Å². The van der Waals surface area contributed by atoms with E-state index in [-0.39, 0.29) is 0 Å². The van der Waals surface area contributed by atoms with E-state index in [0.717, 1.165) is 162 Å². The molecule has 692 valence electrons. The van der Waals surface area contributed by atoms with E-state index in [2.05, 4.69) is 535 Å². The van der Waals surface area contributed by atoms with Crippen LogP contribution >= 0.6 is 0 Å². The van der Waals surface area contributed by atoms with Crippen LogP contribution in [0.15, 0.2) is 600 Å². The Labute approximate surface area is 847 Å². The summed E-state index contributed by atoms with van der Waals surface area (Å²) in [5, 5.41) is 9.18. The van der Waals surface area contributed by atoms with Crippen molar-refractivity contribution in [3.05, 3.63) is 582 Å². The quantitative estimate of drug-likeness (QED) is 0.0793. The van der Waals surface area contributed by atoms with Gasteiger partial charge in [0.2, 0.25) is 0 Å². The van der Waals surface area contributed by atoms with Gasteiger partial charge < -0.3 is 37.3 Å². The molecule has 0 fully saturated rings. The predicted octanol–water partition coefficient (Wildman–Crippen LogP) is 39.9. The van der Waals surface area contributed by atoms with Crippen LogP contribution in [0.4, 0.5) is 68.2 Å². The number of nitrogens with zero attached hydrogens (tertiary/aromatic N) is 4. The van der Waals surface area contributed by atoms with Crippen molar-refractivity contribution in [2.24, 2.45) is 0 Å². The van der Waals surface area contributed by atoms with Crippen LogP contribution in [0.25, 0.3) is 166 Å². The van der Waals surface area contributed by atoms with Crippen molar-refractivity contribution in [1.29, 1.82) is 0 Å². The fourth-order valence-corrected chi connectivity index (χ4v) is 19.9. The monoisotopic (exact) mass is 1870 g/mol. The molecule has 0 bridgehead atoms. The summed E-state index contributed by atoms with van der Waals surface area (Å²) in [7, 11) is 0. The van der Waals surface area contributed by atoms with Gasteiger partial charge in [-0.3, -0.25) is 0 Å². The SMILES string of the molecule is c1ccc(-c2ccc(N(c3ccccc3)c3ccc(-c4ccc5oc6ccccc6c5c4)cc3)cc2)cc1.c1ccc(-c2ccc(N(c3ccccc3)c3cccc(-c4ccc5oc6ccccc6c5c4)c3)cc2)cc1.c1ccc(N(c2ccccc2)c2ccc(-c3ccc(-c4ccc5oc6ccccc6c5c4)cc3)cc2)cc1.c1ccc(N(c2ccccc2)c2cccc(-c3ccc4oc5ccccc5c4c3)c2)cc1. The Hall–Kier alpha value is -19.5. The third-order valence-electron chi connectivity index (χ3n) is 27.1. The van der Waals surface area contributed by atoms with Crippen LogP contribution in [0.5, 0.6) is 0 Å². The number of rotatable bonds is 19. The summed E-state index contributed by atoms with van der Waals surface area (Å²) in [4.78, 5) is 9.17. The van der Waals surface area contributed by atoms with E-state index < -0.39 is 0 Å². The Morgan fingerprint density at radius 1 is 0.0890 bits per heavy atom. The number of benzene rings is 23. The van der Waals surface area contributed by atoms with Gasteiger partial charge in [-0.25, -0.2) is 0 Å². The highest BCUT2D eigenvalue weighted by Crippen LogP contribution is 2.46. The molecular formula is C138H96N4O4. The molecule has 4 heterocycles. The minimum Gasteiger partial charge on any atom is -0.456 e. The van der Waals surface area contributed by atoms with E-state index in [4.69, 9.17) is 17.7 Å². The van der Waals surface area contributed by atoms with Gasteiger partial charge in [0.15, 0.2) is 0 Å². The van der Waals surface area contributed by atoms with E-state index in [0.29, 0.717) is 0 Å². The Balaban J connectivity index is 0.000000105. The van der Waals surface area contributed by atoms with E-state index >= 15 is 0 Å². The van der Waals surface area contributed by atoms with Gasteiger partial charge in [-0.15, -0.1) is 0 Å². The Kier molecular flexibility index (Phi) is 24.9. The van der Waals surface area contributed by atoms with Gasteiger partial charge in [0, 0.05) is 111 Å². The van der Waals surface area contributed by atoms with Crippen LogP contribution < -0.4 is 19.6 Å². The molecule has 4 aromatic heterocycles. The molecule has 27 aromatic rings.